The number of phenols is 1. The van der Waals surface area contributed by atoms with Crippen LogP contribution in [0.1, 0.15) is 65.0 Å². The summed E-state index contributed by atoms with van der Waals surface area (Å²) in [5.74, 6) is 0.348. The number of hydrogen-bond acceptors (Lipinski definition) is 2. The molecule has 0 saturated heterocycles. The SMILES string of the molecule is CCCCCN(C(C)C)C(CC)c1ccc(O)cc1. The minimum absolute atomic E-state index is 0.348. The van der Waals surface area contributed by atoms with Crippen LogP contribution < -0.4 is 0 Å². The average molecular weight is 263 g/mol. The van der Waals surface area contributed by atoms with E-state index in [2.05, 4.69) is 44.7 Å². The van der Waals surface area contributed by atoms with Crippen molar-refractivity contribution in [3.8, 4) is 5.75 Å². The predicted octanol–water partition coefficient (Wildman–Crippen LogP) is 4.74. The molecule has 0 amide bonds. The minimum atomic E-state index is 0.348. The Balaban J connectivity index is 2.80. The maximum Gasteiger partial charge on any atom is 0.115 e. The standard InChI is InChI=1S/C17H29NO/c1-5-7-8-13-18(14(3)4)17(6-2)15-9-11-16(19)12-10-15/h9-12,14,17,19H,5-8,13H2,1-4H3. The third kappa shape index (κ3) is 4.87. The quantitative estimate of drug-likeness (QED) is 0.684. The zero-order valence-electron chi connectivity index (χ0n) is 12.9. The average Bonchev–Trinajstić information content (AvgIpc) is 2.39. The maximum absolute atomic E-state index is 9.42. The van der Waals surface area contributed by atoms with Crippen LogP contribution in [0.5, 0.6) is 5.75 Å². The van der Waals surface area contributed by atoms with Crippen LogP contribution in [0.15, 0.2) is 24.3 Å². The molecule has 0 fully saturated rings. The number of unbranched alkanes of at least 4 members (excludes halogenated alkanes) is 2. The Kier molecular flexibility index (Phi) is 6.93. The van der Waals surface area contributed by atoms with Crippen LogP contribution in [-0.2, 0) is 0 Å². The van der Waals surface area contributed by atoms with E-state index >= 15 is 0 Å². The molecule has 0 radical (unpaired) electrons. The lowest BCUT2D eigenvalue weighted by atomic mass is 10.0. The van der Waals surface area contributed by atoms with Gasteiger partial charge in [0.1, 0.15) is 5.75 Å². The van der Waals surface area contributed by atoms with E-state index in [-0.39, 0.29) is 0 Å². The first-order chi connectivity index (χ1) is 9.10. The Morgan fingerprint density at radius 2 is 1.68 bits per heavy atom. The van der Waals surface area contributed by atoms with Crippen LogP contribution in [0.3, 0.4) is 0 Å². The molecule has 2 nitrogen and oxygen atoms in total. The summed E-state index contributed by atoms with van der Waals surface area (Å²) in [5, 5.41) is 9.42. The fraction of sp³-hybridized carbons (Fsp3) is 0.647. The van der Waals surface area contributed by atoms with E-state index < -0.39 is 0 Å². The molecular weight excluding hydrogens is 234 g/mol. The lowest BCUT2D eigenvalue weighted by Gasteiger charge is -2.35. The summed E-state index contributed by atoms with van der Waals surface area (Å²) < 4.78 is 0. The fourth-order valence-electron chi connectivity index (χ4n) is 2.68. The van der Waals surface area contributed by atoms with Crippen molar-refractivity contribution < 1.29 is 5.11 Å². The molecule has 19 heavy (non-hydrogen) atoms. The van der Waals surface area contributed by atoms with E-state index in [4.69, 9.17) is 0 Å². The van der Waals surface area contributed by atoms with Crippen molar-refractivity contribution in [2.75, 3.05) is 6.54 Å². The highest BCUT2D eigenvalue weighted by Gasteiger charge is 2.20. The molecule has 2 heteroatoms. The second-order valence-corrected chi connectivity index (χ2v) is 5.55. The Bertz CT molecular complexity index is 345. The minimum Gasteiger partial charge on any atom is -0.508 e. The molecule has 1 rings (SSSR count). The second-order valence-electron chi connectivity index (χ2n) is 5.55. The Morgan fingerprint density at radius 1 is 1.05 bits per heavy atom. The lowest BCUT2D eigenvalue weighted by Crippen LogP contribution is -2.35. The van der Waals surface area contributed by atoms with E-state index in [1.165, 1.54) is 24.8 Å². The summed E-state index contributed by atoms with van der Waals surface area (Å²) in [5.41, 5.74) is 1.31. The molecule has 1 aromatic rings. The molecule has 0 aliphatic rings. The van der Waals surface area contributed by atoms with Gasteiger partial charge in [0.25, 0.3) is 0 Å². The zero-order valence-corrected chi connectivity index (χ0v) is 12.9. The van der Waals surface area contributed by atoms with Crippen LogP contribution in [-0.4, -0.2) is 22.6 Å². The molecule has 1 N–H and O–H groups in total. The molecular formula is C17H29NO. The zero-order chi connectivity index (χ0) is 14.3. The summed E-state index contributed by atoms with van der Waals surface area (Å²) >= 11 is 0. The van der Waals surface area contributed by atoms with Gasteiger partial charge in [0, 0.05) is 12.1 Å². The second kappa shape index (κ2) is 8.21. The van der Waals surface area contributed by atoms with Gasteiger partial charge in [0.05, 0.1) is 0 Å². The summed E-state index contributed by atoms with van der Waals surface area (Å²) in [6.07, 6.45) is 4.94. The molecule has 1 atom stereocenters. The van der Waals surface area contributed by atoms with Crippen molar-refractivity contribution in [1.82, 2.24) is 4.90 Å². The Labute approximate surface area is 118 Å². The molecule has 0 aliphatic carbocycles. The van der Waals surface area contributed by atoms with Crippen LogP contribution in [0, 0.1) is 0 Å². The number of nitrogens with zero attached hydrogens (tertiary/aromatic N) is 1. The fourth-order valence-corrected chi connectivity index (χ4v) is 2.68. The third-order valence-corrected chi connectivity index (χ3v) is 3.75. The van der Waals surface area contributed by atoms with Gasteiger partial charge in [-0.15, -0.1) is 0 Å². The Morgan fingerprint density at radius 3 is 2.16 bits per heavy atom. The van der Waals surface area contributed by atoms with Crippen molar-refractivity contribution >= 4 is 0 Å². The molecule has 0 aromatic heterocycles. The highest BCUT2D eigenvalue weighted by molar-refractivity contribution is 5.28. The number of hydrogen-bond donors (Lipinski definition) is 1. The molecule has 1 aromatic carbocycles. The van der Waals surface area contributed by atoms with E-state index in [9.17, 15) is 5.11 Å². The summed E-state index contributed by atoms with van der Waals surface area (Å²) in [6, 6.07) is 8.70. The van der Waals surface area contributed by atoms with Gasteiger partial charge in [-0.2, -0.15) is 0 Å². The van der Waals surface area contributed by atoms with Crippen molar-refractivity contribution in [2.24, 2.45) is 0 Å². The van der Waals surface area contributed by atoms with Gasteiger partial charge in [0.15, 0.2) is 0 Å². The molecule has 108 valence electrons. The summed E-state index contributed by atoms with van der Waals surface area (Å²) in [6.45, 7) is 10.2. The van der Waals surface area contributed by atoms with E-state index in [0.717, 1.165) is 13.0 Å². The van der Waals surface area contributed by atoms with Gasteiger partial charge in [-0.25, -0.2) is 0 Å². The first kappa shape index (κ1) is 16.0. The first-order valence-corrected chi connectivity index (χ1v) is 7.64. The highest BCUT2D eigenvalue weighted by Crippen LogP contribution is 2.27. The largest absolute Gasteiger partial charge is 0.508 e. The van der Waals surface area contributed by atoms with Gasteiger partial charge in [-0.05, 0) is 50.9 Å². The van der Waals surface area contributed by atoms with Crippen molar-refractivity contribution in [3.05, 3.63) is 29.8 Å². The van der Waals surface area contributed by atoms with Crippen molar-refractivity contribution in [3.63, 3.8) is 0 Å². The first-order valence-electron chi connectivity index (χ1n) is 7.64. The highest BCUT2D eigenvalue weighted by atomic mass is 16.3. The topological polar surface area (TPSA) is 23.5 Å². The van der Waals surface area contributed by atoms with Gasteiger partial charge >= 0.3 is 0 Å². The molecule has 0 spiro atoms. The molecule has 0 bridgehead atoms. The molecule has 0 saturated carbocycles. The van der Waals surface area contributed by atoms with E-state index in [1.807, 2.05) is 0 Å². The molecule has 0 aliphatic heterocycles. The number of phenolic OH excluding ortho intramolecular Hbond substituents is 1. The lowest BCUT2D eigenvalue weighted by molar-refractivity contribution is 0.145. The Hall–Kier alpha value is -1.02. The van der Waals surface area contributed by atoms with E-state index in [1.54, 1.807) is 12.1 Å². The number of rotatable bonds is 8. The van der Waals surface area contributed by atoms with Crippen LogP contribution in [0.2, 0.25) is 0 Å². The summed E-state index contributed by atoms with van der Waals surface area (Å²) in [7, 11) is 0. The predicted molar refractivity (Wildman–Crippen MR) is 82.5 cm³/mol. The molecule has 1 unspecified atom stereocenters. The van der Waals surface area contributed by atoms with Crippen LogP contribution in [0.4, 0.5) is 0 Å². The van der Waals surface area contributed by atoms with E-state index in [0.29, 0.717) is 17.8 Å². The normalized spacial score (nSPS) is 13.2. The summed E-state index contributed by atoms with van der Waals surface area (Å²) in [4.78, 5) is 2.59. The van der Waals surface area contributed by atoms with Crippen molar-refractivity contribution in [1.29, 1.82) is 0 Å². The van der Waals surface area contributed by atoms with Gasteiger partial charge < -0.3 is 5.11 Å². The van der Waals surface area contributed by atoms with Crippen molar-refractivity contribution in [2.45, 2.75) is 65.5 Å². The van der Waals surface area contributed by atoms with Crippen LogP contribution in [0.25, 0.3) is 0 Å². The number of aromatic hydroxyl groups is 1. The smallest absolute Gasteiger partial charge is 0.115 e. The monoisotopic (exact) mass is 263 g/mol. The number of benzene rings is 1. The third-order valence-electron chi connectivity index (χ3n) is 3.75. The maximum atomic E-state index is 9.42. The molecule has 0 heterocycles. The van der Waals surface area contributed by atoms with Gasteiger partial charge in [0.2, 0.25) is 0 Å². The van der Waals surface area contributed by atoms with Gasteiger partial charge in [-0.1, -0.05) is 38.8 Å². The van der Waals surface area contributed by atoms with Gasteiger partial charge in [-0.3, -0.25) is 4.90 Å². The van der Waals surface area contributed by atoms with Crippen LogP contribution >= 0.6 is 0 Å².